The number of aryl methyl sites for hydroxylation is 1. The van der Waals surface area contributed by atoms with Crippen LogP contribution in [0.4, 0.5) is 0 Å². The van der Waals surface area contributed by atoms with Crippen LogP contribution < -0.4 is 0 Å². The van der Waals surface area contributed by atoms with Gasteiger partial charge in [0.05, 0.1) is 17.0 Å². The van der Waals surface area contributed by atoms with Gasteiger partial charge in [0, 0.05) is 26.6 Å². The van der Waals surface area contributed by atoms with Crippen molar-refractivity contribution in [3.63, 3.8) is 0 Å². The molecular formula is C18H15N2OPt-. The van der Waals surface area contributed by atoms with Crippen LogP contribution in [0.1, 0.15) is 27.3 Å². The van der Waals surface area contributed by atoms with E-state index < -0.39 is 0 Å². The Morgan fingerprint density at radius 1 is 1.05 bits per heavy atom. The van der Waals surface area contributed by atoms with Gasteiger partial charge in [-0.05, 0) is 19.5 Å². The van der Waals surface area contributed by atoms with E-state index in [1.54, 1.807) is 4.68 Å². The zero-order valence-corrected chi connectivity index (χ0v) is 14.6. The Morgan fingerprint density at radius 3 is 2.36 bits per heavy atom. The number of carbonyl (C=O) groups excluding carboxylic acids is 1. The molecule has 0 aliphatic rings. The zero-order valence-electron chi connectivity index (χ0n) is 12.3. The van der Waals surface area contributed by atoms with E-state index in [-0.39, 0.29) is 26.8 Å². The summed E-state index contributed by atoms with van der Waals surface area (Å²) >= 11 is 0. The van der Waals surface area contributed by atoms with Crippen molar-refractivity contribution in [3.05, 3.63) is 83.2 Å². The largest absolute Gasteiger partial charge is 0.288 e. The van der Waals surface area contributed by atoms with Crippen molar-refractivity contribution in [1.82, 2.24) is 9.78 Å². The molecule has 0 aliphatic heterocycles. The number of rotatable bonds is 3. The van der Waals surface area contributed by atoms with E-state index >= 15 is 0 Å². The molecule has 1 heterocycles. The molecule has 2 aromatic carbocycles. The van der Waals surface area contributed by atoms with Gasteiger partial charge in [-0.2, -0.15) is 29.4 Å². The van der Waals surface area contributed by atoms with Gasteiger partial charge in [-0.25, -0.2) is 0 Å². The summed E-state index contributed by atoms with van der Waals surface area (Å²) in [5.74, 6) is 0.00720. The van der Waals surface area contributed by atoms with Gasteiger partial charge >= 0.3 is 0 Å². The number of ketones is 1. The predicted octanol–water partition coefficient (Wildman–Crippen LogP) is 3.52. The van der Waals surface area contributed by atoms with E-state index in [4.69, 9.17) is 0 Å². The van der Waals surface area contributed by atoms with E-state index in [0.717, 1.165) is 17.1 Å². The Morgan fingerprint density at radius 2 is 1.73 bits per heavy atom. The Kier molecular flexibility index (Phi) is 5.10. The number of nitrogens with zero attached hydrogens (tertiary/aromatic N) is 2. The fourth-order valence-corrected chi connectivity index (χ4v) is 2.46. The van der Waals surface area contributed by atoms with Gasteiger partial charge in [0.2, 0.25) is 0 Å². The molecule has 0 N–H and O–H groups in total. The minimum Gasteiger partial charge on any atom is -0.288 e. The smallest absolute Gasteiger partial charge is 0.196 e. The normalized spacial score (nSPS) is 10.1. The van der Waals surface area contributed by atoms with Gasteiger partial charge in [0.1, 0.15) is 0 Å². The molecule has 0 unspecified atom stereocenters. The molecule has 0 bridgehead atoms. The second-order valence-electron chi connectivity index (χ2n) is 4.90. The molecule has 0 saturated heterocycles. The minimum atomic E-state index is 0. The van der Waals surface area contributed by atoms with Crippen LogP contribution in [0.25, 0.3) is 5.69 Å². The molecule has 0 radical (unpaired) electrons. The Balaban J connectivity index is 0.00000176. The van der Waals surface area contributed by atoms with Gasteiger partial charge in [0.25, 0.3) is 0 Å². The molecule has 22 heavy (non-hydrogen) atoms. The first-order chi connectivity index (χ1) is 10.2. The standard InChI is InChI=1S/C18H15N2O.Pt/c1-13-17(18(21)15-9-5-3-6-10-15)14(2)20(19-13)16-11-7-4-8-12-16;/h3-11H,1-2H3;/q-1;. The summed E-state index contributed by atoms with van der Waals surface area (Å²) < 4.78 is 1.77. The van der Waals surface area contributed by atoms with E-state index in [9.17, 15) is 4.79 Å². The first-order valence-corrected chi connectivity index (χ1v) is 6.81. The van der Waals surface area contributed by atoms with Gasteiger partial charge in [-0.15, -0.1) is 6.07 Å². The number of para-hydroxylation sites is 1. The SMILES string of the molecule is Cc1nn(-c2[c-]cccc2)c(C)c1C(=O)c1ccccc1.[Pt]. The van der Waals surface area contributed by atoms with Crippen LogP contribution in [0.2, 0.25) is 0 Å². The minimum absolute atomic E-state index is 0. The summed E-state index contributed by atoms with van der Waals surface area (Å²) in [4.78, 5) is 12.7. The van der Waals surface area contributed by atoms with E-state index in [1.807, 2.05) is 68.4 Å². The summed E-state index contributed by atoms with van der Waals surface area (Å²) in [6, 6.07) is 20.0. The van der Waals surface area contributed by atoms with Crippen LogP contribution in [0.15, 0.2) is 54.6 Å². The van der Waals surface area contributed by atoms with Crippen LogP contribution in [-0.2, 0) is 21.1 Å². The maximum atomic E-state index is 12.7. The van der Waals surface area contributed by atoms with Crippen molar-refractivity contribution < 1.29 is 25.9 Å². The summed E-state index contributed by atoms with van der Waals surface area (Å²) in [5.41, 5.74) is 3.76. The maximum Gasteiger partial charge on any atom is 0.196 e. The molecule has 0 atom stereocenters. The Hall–Kier alpha value is -1.99. The second kappa shape index (κ2) is 6.85. The van der Waals surface area contributed by atoms with E-state index in [2.05, 4.69) is 11.2 Å². The maximum absolute atomic E-state index is 12.7. The van der Waals surface area contributed by atoms with Crippen molar-refractivity contribution in [2.75, 3.05) is 0 Å². The molecule has 0 saturated carbocycles. The number of hydrogen-bond donors (Lipinski definition) is 0. The van der Waals surface area contributed by atoms with Crippen molar-refractivity contribution in [1.29, 1.82) is 0 Å². The Labute approximate surface area is 144 Å². The third-order valence-corrected chi connectivity index (χ3v) is 3.48. The summed E-state index contributed by atoms with van der Waals surface area (Å²) in [5, 5.41) is 4.49. The summed E-state index contributed by atoms with van der Waals surface area (Å²) in [7, 11) is 0. The third kappa shape index (κ3) is 2.95. The molecule has 0 spiro atoms. The van der Waals surface area contributed by atoms with Crippen molar-refractivity contribution in [2.45, 2.75) is 13.8 Å². The van der Waals surface area contributed by atoms with Crippen LogP contribution in [-0.4, -0.2) is 15.6 Å². The molecule has 0 fully saturated rings. The molecule has 0 amide bonds. The van der Waals surface area contributed by atoms with Crippen molar-refractivity contribution in [2.24, 2.45) is 0 Å². The average Bonchev–Trinajstić information content (AvgIpc) is 2.83. The predicted molar refractivity (Wildman–Crippen MR) is 81.7 cm³/mol. The molecular weight excluding hydrogens is 455 g/mol. The molecule has 4 heteroatoms. The third-order valence-electron chi connectivity index (χ3n) is 3.48. The van der Waals surface area contributed by atoms with Gasteiger partial charge < -0.3 is 0 Å². The number of benzene rings is 2. The zero-order chi connectivity index (χ0) is 14.8. The van der Waals surface area contributed by atoms with Gasteiger partial charge in [0.15, 0.2) is 5.78 Å². The first-order valence-electron chi connectivity index (χ1n) is 6.81. The number of aromatic nitrogens is 2. The number of carbonyl (C=O) groups is 1. The van der Waals surface area contributed by atoms with Gasteiger partial charge in [-0.1, -0.05) is 30.3 Å². The van der Waals surface area contributed by atoms with Crippen LogP contribution in [0.3, 0.4) is 0 Å². The van der Waals surface area contributed by atoms with E-state index in [0.29, 0.717) is 11.1 Å². The second-order valence-corrected chi connectivity index (χ2v) is 4.90. The van der Waals surface area contributed by atoms with Crippen molar-refractivity contribution >= 4 is 5.78 Å². The molecule has 3 rings (SSSR count). The topological polar surface area (TPSA) is 34.9 Å². The molecule has 1 aromatic heterocycles. The fourth-order valence-electron chi connectivity index (χ4n) is 2.46. The monoisotopic (exact) mass is 470 g/mol. The summed E-state index contributed by atoms with van der Waals surface area (Å²) in [6.45, 7) is 3.78. The summed E-state index contributed by atoms with van der Waals surface area (Å²) in [6.07, 6.45) is 0. The molecule has 114 valence electrons. The molecule has 0 aliphatic carbocycles. The Bertz CT molecular complexity index is 780. The van der Waals surface area contributed by atoms with E-state index in [1.165, 1.54) is 0 Å². The van der Waals surface area contributed by atoms with Gasteiger partial charge in [-0.3, -0.25) is 9.48 Å². The van der Waals surface area contributed by atoms with Crippen LogP contribution in [0, 0.1) is 19.9 Å². The molecule has 3 nitrogen and oxygen atoms in total. The van der Waals surface area contributed by atoms with Crippen LogP contribution >= 0.6 is 0 Å². The number of hydrogen-bond acceptors (Lipinski definition) is 2. The fraction of sp³-hybridized carbons (Fsp3) is 0.111. The molecule has 3 aromatic rings. The first kappa shape index (κ1) is 16.4. The van der Waals surface area contributed by atoms with Crippen LogP contribution in [0.5, 0.6) is 0 Å². The average molecular weight is 470 g/mol. The van der Waals surface area contributed by atoms with Crippen molar-refractivity contribution in [3.8, 4) is 5.69 Å². The quantitative estimate of drug-likeness (QED) is 0.434.